The van der Waals surface area contributed by atoms with Crippen LogP contribution < -0.4 is 16.1 Å². The number of amides is 1. The third kappa shape index (κ3) is 4.38. The number of oxazole rings is 1. The van der Waals surface area contributed by atoms with E-state index < -0.39 is 11.2 Å². The van der Waals surface area contributed by atoms with Crippen LogP contribution in [0.3, 0.4) is 0 Å². The summed E-state index contributed by atoms with van der Waals surface area (Å²) in [6.07, 6.45) is 2.19. The Morgan fingerprint density at radius 2 is 1.89 bits per heavy atom. The smallest absolute Gasteiger partial charge is 0.329 e. The fourth-order valence-corrected chi connectivity index (χ4v) is 5.40. The summed E-state index contributed by atoms with van der Waals surface area (Å²) in [5.74, 6) is 1.46. The molecule has 1 aliphatic rings. The third-order valence-corrected chi connectivity index (χ3v) is 7.51. The summed E-state index contributed by atoms with van der Waals surface area (Å²) in [6.45, 7) is 2.52. The van der Waals surface area contributed by atoms with Crippen molar-refractivity contribution in [1.29, 1.82) is 0 Å². The Kier molecular flexibility index (Phi) is 6.27. The molecule has 1 fully saturated rings. The Morgan fingerprint density at radius 1 is 1.08 bits per heavy atom. The number of imidazole rings is 1. The van der Waals surface area contributed by atoms with Gasteiger partial charge >= 0.3 is 5.69 Å². The van der Waals surface area contributed by atoms with Gasteiger partial charge in [0.1, 0.15) is 5.52 Å². The van der Waals surface area contributed by atoms with Crippen LogP contribution in [0.1, 0.15) is 17.0 Å². The molecule has 1 amide bonds. The lowest BCUT2D eigenvalue weighted by atomic mass is 10.3. The van der Waals surface area contributed by atoms with Gasteiger partial charge in [0.15, 0.2) is 22.5 Å². The molecule has 4 aromatic heterocycles. The van der Waals surface area contributed by atoms with Crippen molar-refractivity contribution in [1.82, 2.24) is 29.0 Å². The van der Waals surface area contributed by atoms with Crippen LogP contribution in [-0.2, 0) is 13.6 Å². The van der Waals surface area contributed by atoms with Gasteiger partial charge in [0.05, 0.1) is 6.26 Å². The third-order valence-electron chi connectivity index (χ3n) is 6.59. The Balaban J connectivity index is 1.22. The molecule has 0 unspecified atom stereocenters. The summed E-state index contributed by atoms with van der Waals surface area (Å²) in [5.41, 5.74) is 1.25. The van der Waals surface area contributed by atoms with E-state index in [1.165, 1.54) is 22.6 Å². The maximum absolute atomic E-state index is 12.9. The highest BCUT2D eigenvalue weighted by molar-refractivity contribution is 7.99. The molecule has 0 saturated carbocycles. The average Bonchev–Trinajstić information content (AvgIpc) is 3.68. The van der Waals surface area contributed by atoms with E-state index in [1.807, 2.05) is 33.7 Å². The first-order valence-electron chi connectivity index (χ1n) is 12.3. The van der Waals surface area contributed by atoms with E-state index in [4.69, 9.17) is 13.8 Å². The number of benzene rings is 1. The first kappa shape index (κ1) is 24.1. The van der Waals surface area contributed by atoms with Gasteiger partial charge in [-0.15, -0.1) is 0 Å². The number of carbonyl (C=O) groups is 1. The largest absolute Gasteiger partial charge is 0.459 e. The second kappa shape index (κ2) is 9.89. The molecular weight excluding hydrogens is 510 g/mol. The van der Waals surface area contributed by atoms with Crippen molar-refractivity contribution in [2.45, 2.75) is 18.2 Å². The van der Waals surface area contributed by atoms with Crippen molar-refractivity contribution in [2.24, 2.45) is 7.05 Å². The molecular formula is C25H25N7O5S. The van der Waals surface area contributed by atoms with E-state index in [2.05, 4.69) is 9.97 Å². The maximum atomic E-state index is 12.9. The molecule has 0 radical (unpaired) electrons. The van der Waals surface area contributed by atoms with Crippen molar-refractivity contribution >= 4 is 45.9 Å². The number of aromatic nitrogens is 5. The van der Waals surface area contributed by atoms with Crippen LogP contribution in [0.2, 0.25) is 0 Å². The molecule has 13 heteroatoms. The van der Waals surface area contributed by atoms with Crippen LogP contribution in [-0.4, -0.2) is 66.8 Å². The van der Waals surface area contributed by atoms with Crippen LogP contribution >= 0.6 is 11.8 Å². The van der Waals surface area contributed by atoms with E-state index in [0.717, 1.165) is 11.1 Å². The number of anilines is 1. The second-order valence-corrected chi connectivity index (χ2v) is 10.0. The van der Waals surface area contributed by atoms with Crippen molar-refractivity contribution in [3.8, 4) is 0 Å². The van der Waals surface area contributed by atoms with Gasteiger partial charge in [-0.05, 0) is 30.7 Å². The predicted octanol–water partition coefficient (Wildman–Crippen LogP) is 2.30. The number of aromatic amines is 1. The zero-order valence-electron chi connectivity index (χ0n) is 20.6. The van der Waals surface area contributed by atoms with Crippen molar-refractivity contribution in [3.05, 3.63) is 69.3 Å². The van der Waals surface area contributed by atoms with Gasteiger partial charge in [0.25, 0.3) is 16.7 Å². The predicted molar refractivity (Wildman–Crippen MR) is 142 cm³/mol. The molecule has 0 spiro atoms. The summed E-state index contributed by atoms with van der Waals surface area (Å²) in [5, 5.41) is 0.597. The van der Waals surface area contributed by atoms with Gasteiger partial charge < -0.3 is 23.2 Å². The molecule has 0 bridgehead atoms. The van der Waals surface area contributed by atoms with E-state index in [-0.39, 0.29) is 5.91 Å². The van der Waals surface area contributed by atoms with Gasteiger partial charge in [-0.25, -0.2) is 9.78 Å². The molecule has 38 heavy (non-hydrogen) atoms. The van der Waals surface area contributed by atoms with E-state index in [0.29, 0.717) is 73.0 Å². The number of furan rings is 1. The Hall–Kier alpha value is -4.26. The van der Waals surface area contributed by atoms with Crippen molar-refractivity contribution in [3.63, 3.8) is 0 Å². The lowest BCUT2D eigenvalue weighted by Gasteiger charge is -2.35. The molecule has 5 aromatic rings. The number of rotatable bonds is 7. The lowest BCUT2D eigenvalue weighted by Crippen LogP contribution is -2.49. The maximum Gasteiger partial charge on any atom is 0.329 e. The molecule has 1 aromatic carbocycles. The number of nitrogens with zero attached hydrogens (tertiary/aromatic N) is 6. The average molecular weight is 536 g/mol. The topological polar surface area (TPSA) is 135 Å². The van der Waals surface area contributed by atoms with E-state index >= 15 is 0 Å². The van der Waals surface area contributed by atoms with Gasteiger partial charge in [-0.2, -0.15) is 4.98 Å². The fourth-order valence-electron chi connectivity index (χ4n) is 4.64. The summed E-state index contributed by atoms with van der Waals surface area (Å²) >= 11 is 1.51. The number of aryl methyl sites for hydroxylation is 2. The van der Waals surface area contributed by atoms with Gasteiger partial charge in [-0.3, -0.25) is 19.1 Å². The Morgan fingerprint density at radius 3 is 2.66 bits per heavy atom. The number of hydrogen-bond donors (Lipinski definition) is 1. The summed E-state index contributed by atoms with van der Waals surface area (Å²) < 4.78 is 14.3. The normalized spacial score (nSPS) is 14.1. The highest BCUT2D eigenvalue weighted by Gasteiger charge is 2.28. The molecule has 12 nitrogen and oxygen atoms in total. The van der Waals surface area contributed by atoms with E-state index in [9.17, 15) is 14.4 Å². The standard InChI is InChI=1S/C25H25N7O5S/c1-29-20-19(21(33)28-24(29)35)32(9-5-15-38-25-26-16-6-2-3-7-17(16)37-25)23(27-20)31-12-10-30(11-13-31)22(34)18-8-4-14-36-18/h2-4,6-8,14H,5,9-13,15H2,1H3,(H,28,33,35). The first-order chi connectivity index (χ1) is 18.5. The summed E-state index contributed by atoms with van der Waals surface area (Å²) in [4.78, 5) is 53.2. The molecule has 0 aliphatic carbocycles. The van der Waals surface area contributed by atoms with Crippen molar-refractivity contribution in [2.75, 3.05) is 36.8 Å². The molecule has 1 N–H and O–H groups in total. The SMILES string of the molecule is Cn1c(=O)[nH]c(=O)c2c1nc(N1CCN(C(=O)c3ccco3)CC1)n2CCCSc1nc2ccccc2o1. The number of fused-ring (bicyclic) bond motifs is 2. The van der Waals surface area contributed by atoms with Gasteiger partial charge in [0, 0.05) is 45.5 Å². The van der Waals surface area contributed by atoms with Crippen LogP contribution in [0.25, 0.3) is 22.3 Å². The fraction of sp³-hybridized carbons (Fsp3) is 0.320. The van der Waals surface area contributed by atoms with Gasteiger partial charge in [0.2, 0.25) is 5.95 Å². The number of nitrogens with one attached hydrogen (secondary N) is 1. The van der Waals surface area contributed by atoms with Crippen LogP contribution in [0.4, 0.5) is 5.95 Å². The van der Waals surface area contributed by atoms with Crippen LogP contribution in [0.5, 0.6) is 0 Å². The molecule has 0 atom stereocenters. The summed E-state index contributed by atoms with van der Waals surface area (Å²) in [6, 6.07) is 11.0. The minimum absolute atomic E-state index is 0.154. The number of para-hydroxylation sites is 2. The number of H-pyrrole nitrogens is 1. The zero-order valence-corrected chi connectivity index (χ0v) is 21.4. The number of hydrogen-bond acceptors (Lipinski definition) is 9. The highest BCUT2D eigenvalue weighted by atomic mass is 32.2. The Labute approximate surface area is 219 Å². The number of piperazine rings is 1. The lowest BCUT2D eigenvalue weighted by molar-refractivity contribution is 0.0714. The molecule has 6 rings (SSSR count). The molecule has 1 aliphatic heterocycles. The van der Waals surface area contributed by atoms with E-state index in [1.54, 1.807) is 24.1 Å². The molecule has 196 valence electrons. The van der Waals surface area contributed by atoms with Crippen LogP contribution in [0, 0.1) is 0 Å². The minimum Gasteiger partial charge on any atom is -0.459 e. The molecule has 5 heterocycles. The monoisotopic (exact) mass is 535 g/mol. The van der Waals surface area contributed by atoms with Gasteiger partial charge in [-0.1, -0.05) is 23.9 Å². The van der Waals surface area contributed by atoms with Crippen LogP contribution in [0.15, 0.2) is 66.3 Å². The second-order valence-electron chi connectivity index (χ2n) is 8.96. The number of carbonyl (C=O) groups excluding carboxylic acids is 1. The Bertz CT molecular complexity index is 1690. The summed E-state index contributed by atoms with van der Waals surface area (Å²) in [7, 11) is 1.59. The highest BCUT2D eigenvalue weighted by Crippen LogP contribution is 2.26. The quantitative estimate of drug-likeness (QED) is 0.246. The molecule has 1 saturated heterocycles. The first-order valence-corrected chi connectivity index (χ1v) is 13.2. The minimum atomic E-state index is -0.515. The van der Waals surface area contributed by atoms with Crippen molar-refractivity contribution < 1.29 is 13.6 Å². The zero-order chi connectivity index (χ0) is 26.2. The number of thioether (sulfide) groups is 1.